The summed E-state index contributed by atoms with van der Waals surface area (Å²) in [7, 11) is 1.59. The lowest BCUT2D eigenvalue weighted by atomic mass is 10.0. The van der Waals surface area contributed by atoms with Gasteiger partial charge in [-0.25, -0.2) is 4.98 Å². The van der Waals surface area contributed by atoms with E-state index in [9.17, 15) is 9.59 Å². The van der Waals surface area contributed by atoms with Crippen LogP contribution in [0.15, 0.2) is 30.6 Å². The van der Waals surface area contributed by atoms with Crippen LogP contribution in [0.5, 0.6) is 0 Å². The minimum absolute atomic E-state index is 0.135. The van der Waals surface area contributed by atoms with E-state index in [4.69, 9.17) is 9.47 Å². The molecular weight excluding hydrogens is 418 g/mol. The topological polar surface area (TPSA) is 98.6 Å². The number of carbonyl (C=O) groups excluding carboxylic acids is 2. The van der Waals surface area contributed by atoms with E-state index < -0.39 is 6.10 Å². The Morgan fingerprint density at radius 2 is 2.26 bits per heavy atom. The molecule has 164 valence electrons. The van der Waals surface area contributed by atoms with E-state index in [2.05, 4.69) is 15.4 Å². The maximum atomic E-state index is 13.0. The Bertz CT molecular complexity index is 1080. The zero-order chi connectivity index (χ0) is 21.8. The zero-order valence-corrected chi connectivity index (χ0v) is 18.4. The van der Waals surface area contributed by atoms with Crippen LogP contribution in [-0.2, 0) is 16.0 Å². The molecule has 9 nitrogen and oxygen atoms in total. The number of ether oxygens (including phenoxy) is 2. The average Bonchev–Trinajstić information content (AvgIpc) is 3.43. The molecule has 0 unspecified atom stereocenters. The van der Waals surface area contributed by atoms with Gasteiger partial charge in [-0.15, -0.1) is 11.3 Å². The van der Waals surface area contributed by atoms with Crippen molar-refractivity contribution in [3.8, 4) is 0 Å². The highest BCUT2D eigenvalue weighted by atomic mass is 32.1. The highest BCUT2D eigenvalue weighted by Gasteiger charge is 2.32. The molecule has 0 radical (unpaired) electrons. The fourth-order valence-electron chi connectivity index (χ4n) is 3.61. The van der Waals surface area contributed by atoms with Gasteiger partial charge in [0.15, 0.2) is 0 Å². The standard InChI is InChI=1S/C21H25N5O4S/c1-3-26-9-6-15(24-26)21(28)25-10-12-30-16(13-25)17-14-5-4-7-23-20(14)31-18(17)19(27)22-8-11-29-2/h4-7,9,16H,3,8,10-13H2,1-2H3,(H,22,27)/t16-/m0/s1. The molecule has 0 spiro atoms. The first-order valence-corrected chi connectivity index (χ1v) is 11.0. The summed E-state index contributed by atoms with van der Waals surface area (Å²) in [5, 5.41) is 8.08. The van der Waals surface area contributed by atoms with Crippen LogP contribution in [0, 0.1) is 0 Å². The van der Waals surface area contributed by atoms with E-state index in [0.29, 0.717) is 50.0 Å². The van der Waals surface area contributed by atoms with Gasteiger partial charge in [0.1, 0.15) is 21.5 Å². The predicted molar refractivity (Wildman–Crippen MR) is 116 cm³/mol. The summed E-state index contributed by atoms with van der Waals surface area (Å²) >= 11 is 1.33. The monoisotopic (exact) mass is 443 g/mol. The van der Waals surface area contributed by atoms with Crippen molar-refractivity contribution in [1.82, 2.24) is 25.0 Å². The van der Waals surface area contributed by atoms with Crippen LogP contribution in [-0.4, -0.2) is 71.4 Å². The molecule has 3 aromatic rings. The number of thiophene rings is 1. The van der Waals surface area contributed by atoms with Gasteiger partial charge in [-0.05, 0) is 19.1 Å². The maximum Gasteiger partial charge on any atom is 0.274 e. The predicted octanol–water partition coefficient (Wildman–Crippen LogP) is 2.10. The van der Waals surface area contributed by atoms with Crippen LogP contribution in [0.1, 0.15) is 38.8 Å². The van der Waals surface area contributed by atoms with Gasteiger partial charge in [-0.1, -0.05) is 6.07 Å². The summed E-state index contributed by atoms with van der Waals surface area (Å²) < 4.78 is 12.8. The first-order valence-electron chi connectivity index (χ1n) is 10.2. The quantitative estimate of drug-likeness (QED) is 0.562. The first-order chi connectivity index (χ1) is 15.1. The molecule has 1 aliphatic heterocycles. The second-order valence-corrected chi connectivity index (χ2v) is 8.12. The highest BCUT2D eigenvalue weighted by Crippen LogP contribution is 2.37. The van der Waals surface area contributed by atoms with Crippen LogP contribution in [0.25, 0.3) is 10.2 Å². The van der Waals surface area contributed by atoms with Gasteiger partial charge in [0.25, 0.3) is 11.8 Å². The number of fused-ring (bicyclic) bond motifs is 1. The molecule has 0 aromatic carbocycles. The summed E-state index contributed by atoms with van der Waals surface area (Å²) in [6.45, 7) is 4.72. The zero-order valence-electron chi connectivity index (χ0n) is 17.5. The Balaban J connectivity index is 1.61. The van der Waals surface area contributed by atoms with E-state index in [-0.39, 0.29) is 11.8 Å². The molecule has 3 aromatic heterocycles. The smallest absolute Gasteiger partial charge is 0.274 e. The van der Waals surface area contributed by atoms with Crippen LogP contribution < -0.4 is 5.32 Å². The fourth-order valence-corrected chi connectivity index (χ4v) is 4.72. The molecule has 1 N–H and O–H groups in total. The molecule has 31 heavy (non-hydrogen) atoms. The number of methoxy groups -OCH3 is 1. The lowest BCUT2D eigenvalue weighted by Gasteiger charge is -2.33. The summed E-state index contributed by atoms with van der Waals surface area (Å²) in [6, 6.07) is 5.51. The molecule has 4 rings (SSSR count). The number of nitrogens with one attached hydrogen (secondary N) is 1. The third-order valence-corrected chi connectivity index (χ3v) is 6.29. The van der Waals surface area contributed by atoms with E-state index in [1.165, 1.54) is 11.3 Å². The van der Waals surface area contributed by atoms with Crippen molar-refractivity contribution in [3.63, 3.8) is 0 Å². The lowest BCUT2D eigenvalue weighted by Crippen LogP contribution is -2.42. The van der Waals surface area contributed by atoms with Crippen LogP contribution in [0.3, 0.4) is 0 Å². The second kappa shape index (κ2) is 9.54. The number of morpholine rings is 1. The van der Waals surface area contributed by atoms with Crippen molar-refractivity contribution in [3.05, 3.63) is 46.7 Å². The summed E-state index contributed by atoms with van der Waals surface area (Å²) in [4.78, 5) is 33.4. The Labute approximate surface area is 184 Å². The van der Waals surface area contributed by atoms with E-state index in [0.717, 1.165) is 15.8 Å². The van der Waals surface area contributed by atoms with Crippen LogP contribution >= 0.6 is 11.3 Å². The minimum atomic E-state index is -0.424. The van der Waals surface area contributed by atoms with Gasteiger partial charge in [0.05, 0.1) is 19.8 Å². The summed E-state index contributed by atoms with van der Waals surface area (Å²) in [5.41, 5.74) is 1.19. The van der Waals surface area contributed by atoms with Gasteiger partial charge in [0, 0.05) is 50.1 Å². The lowest BCUT2D eigenvalue weighted by molar-refractivity contribution is -0.0224. The molecule has 0 aliphatic carbocycles. The minimum Gasteiger partial charge on any atom is -0.383 e. The van der Waals surface area contributed by atoms with Gasteiger partial charge in [0.2, 0.25) is 0 Å². The van der Waals surface area contributed by atoms with Crippen molar-refractivity contribution in [1.29, 1.82) is 0 Å². The number of rotatable bonds is 7. The molecule has 0 bridgehead atoms. The third kappa shape index (κ3) is 4.46. The molecule has 1 aliphatic rings. The SMILES string of the molecule is CCn1ccc(C(=O)N2CCO[C@H](c3c(C(=O)NCCOC)sc4ncccc34)C2)n1. The van der Waals surface area contributed by atoms with Crippen molar-refractivity contribution < 1.29 is 19.1 Å². The van der Waals surface area contributed by atoms with E-state index in [1.807, 2.05) is 19.1 Å². The van der Waals surface area contributed by atoms with Crippen molar-refractivity contribution in [2.75, 3.05) is 40.0 Å². The van der Waals surface area contributed by atoms with Gasteiger partial charge in [-0.2, -0.15) is 5.10 Å². The molecule has 1 fully saturated rings. The number of hydrogen-bond donors (Lipinski definition) is 1. The number of amides is 2. The first kappa shape index (κ1) is 21.4. The van der Waals surface area contributed by atoms with Crippen molar-refractivity contribution >= 4 is 33.4 Å². The fraction of sp³-hybridized carbons (Fsp3) is 0.429. The number of nitrogens with zero attached hydrogens (tertiary/aromatic N) is 4. The molecule has 0 saturated carbocycles. The van der Waals surface area contributed by atoms with Crippen molar-refractivity contribution in [2.45, 2.75) is 19.6 Å². The molecule has 2 amide bonds. The molecule has 1 atom stereocenters. The number of hydrogen-bond acceptors (Lipinski definition) is 7. The summed E-state index contributed by atoms with van der Waals surface area (Å²) in [6.07, 6.45) is 3.08. The summed E-state index contributed by atoms with van der Waals surface area (Å²) in [5.74, 6) is -0.326. The number of carbonyl (C=O) groups is 2. The average molecular weight is 444 g/mol. The Morgan fingerprint density at radius 1 is 1.39 bits per heavy atom. The number of pyridine rings is 1. The number of aromatic nitrogens is 3. The Hall–Kier alpha value is -2.82. The van der Waals surface area contributed by atoms with Gasteiger partial charge in [-0.3, -0.25) is 14.3 Å². The van der Waals surface area contributed by atoms with E-state index >= 15 is 0 Å². The van der Waals surface area contributed by atoms with Gasteiger partial charge < -0.3 is 19.7 Å². The molecular formula is C21H25N5O4S. The second-order valence-electron chi connectivity index (χ2n) is 7.12. The molecule has 10 heteroatoms. The van der Waals surface area contributed by atoms with E-state index in [1.54, 1.807) is 35.2 Å². The maximum absolute atomic E-state index is 13.0. The third-order valence-electron chi connectivity index (χ3n) is 5.16. The van der Waals surface area contributed by atoms with Gasteiger partial charge >= 0.3 is 0 Å². The Kier molecular flexibility index (Phi) is 6.59. The van der Waals surface area contributed by atoms with Crippen molar-refractivity contribution in [2.24, 2.45) is 0 Å². The van der Waals surface area contributed by atoms with Crippen LogP contribution in [0.2, 0.25) is 0 Å². The molecule has 1 saturated heterocycles. The number of aryl methyl sites for hydroxylation is 1. The molecule has 4 heterocycles. The highest BCUT2D eigenvalue weighted by molar-refractivity contribution is 7.20. The Morgan fingerprint density at radius 3 is 3.03 bits per heavy atom. The van der Waals surface area contributed by atoms with Crippen LogP contribution in [0.4, 0.5) is 0 Å². The normalized spacial score (nSPS) is 16.6. The largest absolute Gasteiger partial charge is 0.383 e.